The Morgan fingerprint density at radius 1 is 0.267 bits per heavy atom. The normalized spacial score (nSPS) is 11.3. The van der Waals surface area contributed by atoms with Crippen molar-refractivity contribution < 1.29 is 65.9 Å². The molecule has 0 fully saturated rings. The molecule has 0 spiro atoms. The number of hydrogen-bond acceptors (Lipinski definition) is 0. The van der Waals surface area contributed by atoms with Crippen LogP contribution in [0.15, 0.2) is 121 Å². The highest BCUT2D eigenvalue weighted by molar-refractivity contribution is 7.11. The van der Waals surface area contributed by atoms with Gasteiger partial charge in [0.2, 0.25) is 0 Å². The van der Waals surface area contributed by atoms with Crippen LogP contribution in [-0.4, -0.2) is 6.15 Å². The first kappa shape index (κ1) is 43.0. The van der Waals surface area contributed by atoms with E-state index in [1.165, 1.54) is 28.7 Å². The third-order valence-corrected chi connectivity index (χ3v) is 9.78. The lowest BCUT2D eigenvalue weighted by Crippen LogP contribution is -2.74. The van der Waals surface area contributed by atoms with Crippen LogP contribution in [0.25, 0.3) is 0 Å². The Kier molecular flexibility index (Phi) is 12.4. The molecular formula is C44H22BF15. The molecule has 0 saturated heterocycles. The second-order valence-corrected chi connectivity index (χ2v) is 13.2. The molecule has 16 heteroatoms. The van der Waals surface area contributed by atoms with Gasteiger partial charge in [0.15, 0.2) is 52.4 Å². The summed E-state index contributed by atoms with van der Waals surface area (Å²) in [6, 6.07) is 36.6. The van der Waals surface area contributed by atoms with Gasteiger partial charge in [-0.25, -0.2) is 65.9 Å². The summed E-state index contributed by atoms with van der Waals surface area (Å²) in [5.41, 5.74) is -4.74. The molecule has 0 radical (unpaired) electrons. The molecule has 0 atom stereocenters. The van der Waals surface area contributed by atoms with Gasteiger partial charge < -0.3 is 0 Å². The third-order valence-electron chi connectivity index (χ3n) is 9.78. The van der Waals surface area contributed by atoms with Crippen LogP contribution in [0.3, 0.4) is 0 Å². The number of rotatable bonds is 8. The van der Waals surface area contributed by atoms with Gasteiger partial charge in [0.1, 0.15) is 41.0 Å². The number of hydrogen-bond donors (Lipinski definition) is 0. The summed E-state index contributed by atoms with van der Waals surface area (Å²) >= 11 is 0. The fraction of sp³-hybridized carbons (Fsp3) is 0.0227. The van der Waals surface area contributed by atoms with Crippen LogP contribution in [0.2, 0.25) is 0 Å². The quantitative estimate of drug-likeness (QED) is 0.0357. The molecule has 0 N–H and O–H groups in total. The molecule has 0 aliphatic carbocycles. The van der Waals surface area contributed by atoms with E-state index < -0.39 is 122 Å². The van der Waals surface area contributed by atoms with Crippen LogP contribution in [0.1, 0.15) is 22.3 Å². The molecule has 60 heavy (non-hydrogen) atoms. The summed E-state index contributed by atoms with van der Waals surface area (Å²) in [6.07, 6.45) is -7.42. The van der Waals surface area contributed by atoms with Crippen molar-refractivity contribution >= 4 is 22.5 Å². The molecule has 7 aromatic rings. The lowest BCUT2D eigenvalue weighted by molar-refractivity contribution is 0.379. The average molecular weight is 846 g/mol. The van der Waals surface area contributed by atoms with Gasteiger partial charge in [-0.15, -0.1) is 22.7 Å². The Morgan fingerprint density at radius 3 is 0.700 bits per heavy atom. The molecule has 0 saturated carbocycles. The monoisotopic (exact) mass is 846 g/mol. The second-order valence-electron chi connectivity index (χ2n) is 13.2. The van der Waals surface area contributed by atoms with Crippen molar-refractivity contribution in [3.05, 3.63) is 237 Å². The van der Waals surface area contributed by atoms with Crippen molar-refractivity contribution in [2.75, 3.05) is 0 Å². The van der Waals surface area contributed by atoms with E-state index in [9.17, 15) is 39.5 Å². The van der Waals surface area contributed by atoms with Crippen LogP contribution < -0.4 is 16.4 Å². The van der Waals surface area contributed by atoms with Crippen molar-refractivity contribution in [3.8, 4) is 0 Å². The first-order valence-electron chi connectivity index (χ1n) is 17.4. The first-order chi connectivity index (χ1) is 28.6. The van der Waals surface area contributed by atoms with E-state index in [0.717, 1.165) is 24.3 Å². The Balaban J connectivity index is 0.000000263. The molecule has 0 bridgehead atoms. The zero-order chi connectivity index (χ0) is 43.6. The zero-order valence-electron chi connectivity index (χ0n) is 30.0. The van der Waals surface area contributed by atoms with Crippen LogP contribution in [-0.2, 0) is 6.32 Å². The van der Waals surface area contributed by atoms with Crippen molar-refractivity contribution in [2.45, 2.75) is 6.32 Å². The first-order valence-corrected chi connectivity index (χ1v) is 17.4. The molecule has 0 aromatic heterocycles. The zero-order valence-corrected chi connectivity index (χ0v) is 30.0. The van der Waals surface area contributed by atoms with Crippen LogP contribution in [0, 0.1) is 93.2 Å². The van der Waals surface area contributed by atoms with Crippen LogP contribution >= 0.6 is 0 Å². The predicted octanol–water partition coefficient (Wildman–Crippen LogP) is 10.7. The molecule has 0 aliphatic rings. The van der Waals surface area contributed by atoms with E-state index >= 15 is 26.3 Å². The van der Waals surface area contributed by atoms with Crippen molar-refractivity contribution in [1.82, 2.24) is 0 Å². The maximum atomic E-state index is 15.3. The number of halogens is 15. The molecule has 0 unspecified atom stereocenters. The smallest absolute Gasteiger partial charge is 0.200 e. The standard InChI is InChI=1S/C25H7BF15.C19H15/c27-11-8(12(28)18(34)23(39)17(11)33)26(6-7-4-2-1-3-5-7,9-13(29)19(35)24(40)20(36)14(9)30)10-15(31)21(37)25(41)22(38)16(10)32;1-4-10-16(11-5-1)19(17-12-6-2-7-13-17)18-14-8-3-9-15-18/h1-5H,6H2;1-15H/q-1;+1. The fourth-order valence-corrected chi connectivity index (χ4v) is 7.18. The summed E-state index contributed by atoms with van der Waals surface area (Å²) in [5.74, 6) is -43.9. The van der Waals surface area contributed by atoms with Gasteiger partial charge >= 0.3 is 0 Å². The van der Waals surface area contributed by atoms with E-state index in [-0.39, 0.29) is 0 Å². The van der Waals surface area contributed by atoms with E-state index in [0.29, 0.717) is 0 Å². The minimum atomic E-state index is -5.59. The van der Waals surface area contributed by atoms with E-state index in [4.69, 9.17) is 0 Å². The third kappa shape index (κ3) is 7.46. The predicted molar refractivity (Wildman–Crippen MR) is 193 cm³/mol. The molecular weight excluding hydrogens is 824 g/mol. The molecule has 0 amide bonds. The molecule has 7 rings (SSSR count). The van der Waals surface area contributed by atoms with Crippen molar-refractivity contribution in [3.63, 3.8) is 0 Å². The SMILES string of the molecule is Fc1c(F)c(F)c([B-](Cc2ccccc2)(c2c(F)c(F)c(F)c(F)c2F)c2c(F)c(F)c(F)c(F)c2F)c(F)c1F.c1ccc([C+](c2ccccc2)c2ccccc2)cc1. The summed E-state index contributed by atoms with van der Waals surface area (Å²) in [6.45, 7) is 0. The minimum absolute atomic E-state index is 0.607. The molecule has 7 aromatic carbocycles. The molecule has 0 heterocycles. The largest absolute Gasteiger partial charge is 0.207 e. The van der Waals surface area contributed by atoms with Gasteiger partial charge in [0, 0.05) is 0 Å². The fourth-order valence-electron chi connectivity index (χ4n) is 7.18. The lowest BCUT2D eigenvalue weighted by atomic mass is 9.13. The topological polar surface area (TPSA) is 0 Å². The van der Waals surface area contributed by atoms with Gasteiger partial charge in [-0.3, -0.25) is 0 Å². The van der Waals surface area contributed by atoms with Gasteiger partial charge in [-0.2, -0.15) is 0 Å². The minimum Gasteiger partial charge on any atom is -0.207 e. The summed E-state index contributed by atoms with van der Waals surface area (Å²) in [5, 5.41) is 0. The highest BCUT2D eigenvalue weighted by Gasteiger charge is 2.48. The maximum absolute atomic E-state index is 15.3. The molecule has 306 valence electrons. The van der Waals surface area contributed by atoms with Crippen molar-refractivity contribution in [2.24, 2.45) is 0 Å². The number of benzene rings is 7. The van der Waals surface area contributed by atoms with Gasteiger partial charge in [-0.1, -0.05) is 54.1 Å². The lowest BCUT2D eigenvalue weighted by Gasteiger charge is -2.44. The van der Waals surface area contributed by atoms with Crippen LogP contribution in [0.4, 0.5) is 65.9 Å². The molecule has 0 nitrogen and oxygen atoms in total. The maximum Gasteiger partial charge on any atom is 0.200 e. The Morgan fingerprint density at radius 2 is 0.467 bits per heavy atom. The Bertz CT molecular complexity index is 2330. The van der Waals surface area contributed by atoms with E-state index in [1.807, 2.05) is 0 Å². The average Bonchev–Trinajstić information content (AvgIpc) is 3.27. The molecule has 0 aliphatic heterocycles. The summed E-state index contributed by atoms with van der Waals surface area (Å²) in [7, 11) is 0. The highest BCUT2D eigenvalue weighted by Crippen LogP contribution is 2.32. The summed E-state index contributed by atoms with van der Waals surface area (Å²) < 4.78 is 220. The second kappa shape index (κ2) is 17.3. The van der Waals surface area contributed by atoms with E-state index in [1.54, 1.807) is 0 Å². The Hall–Kier alpha value is -6.58. The van der Waals surface area contributed by atoms with Gasteiger partial charge in [-0.05, 0) is 72.8 Å². The summed E-state index contributed by atoms with van der Waals surface area (Å²) in [4.78, 5) is 0. The van der Waals surface area contributed by atoms with Crippen LogP contribution in [0.5, 0.6) is 0 Å². The van der Waals surface area contributed by atoms with Crippen molar-refractivity contribution in [1.29, 1.82) is 0 Å². The van der Waals surface area contributed by atoms with Gasteiger partial charge in [0.05, 0.1) is 22.6 Å². The highest BCUT2D eigenvalue weighted by atomic mass is 19.2. The van der Waals surface area contributed by atoms with Gasteiger partial charge in [0.25, 0.3) is 0 Å². The Labute approximate surface area is 331 Å². The van der Waals surface area contributed by atoms with E-state index in [2.05, 4.69) is 91.0 Å².